The molecular weight excluding hydrogens is 488 g/mol. The molecule has 0 amide bonds. The van der Waals surface area contributed by atoms with Crippen molar-refractivity contribution in [3.05, 3.63) is 0 Å². The number of hydrogen-bond acceptors (Lipinski definition) is 8. The highest BCUT2D eigenvalue weighted by Gasteiger charge is 2.46. The van der Waals surface area contributed by atoms with Gasteiger partial charge in [0.1, 0.15) is 24.4 Å². The van der Waals surface area contributed by atoms with Crippen LogP contribution in [0.1, 0.15) is 66.2 Å². The van der Waals surface area contributed by atoms with Gasteiger partial charge in [-0.1, -0.05) is 20.8 Å². The molecule has 0 radical (unpaired) electrons. The maximum Gasteiger partial charge on any atom is 0.115 e. The Bertz CT molecular complexity index is 447. The molecule has 2 unspecified atom stereocenters. The summed E-state index contributed by atoms with van der Waals surface area (Å²) in [5.74, 6) is 7.04. The second kappa shape index (κ2) is 23.0. The molecule has 5 nitrogen and oxygen atoms in total. The van der Waals surface area contributed by atoms with Crippen LogP contribution in [0.15, 0.2) is 0 Å². The molecule has 0 N–H and O–H groups in total. The van der Waals surface area contributed by atoms with Gasteiger partial charge in [0, 0.05) is 26.9 Å². The zero-order valence-corrected chi connectivity index (χ0v) is 24.9. The molecule has 0 aromatic carbocycles. The molecule has 8 heteroatoms. The van der Waals surface area contributed by atoms with E-state index in [1.165, 1.54) is 36.5 Å². The normalized spacial score (nSPS) is 25.1. The van der Waals surface area contributed by atoms with Gasteiger partial charge in [-0.25, -0.2) is 0 Å². The molecule has 0 saturated carbocycles. The molecular formula is C26H52O5S3. The minimum Gasteiger partial charge on any atom is -0.382 e. The highest BCUT2D eigenvalue weighted by molar-refractivity contribution is 7.99. The molecule has 0 bridgehead atoms. The summed E-state index contributed by atoms with van der Waals surface area (Å²) in [6, 6.07) is 0. The van der Waals surface area contributed by atoms with Gasteiger partial charge in [0.25, 0.3) is 0 Å². The van der Waals surface area contributed by atoms with Crippen molar-refractivity contribution < 1.29 is 23.7 Å². The molecule has 0 aliphatic carbocycles. The lowest BCUT2D eigenvalue weighted by Crippen LogP contribution is -2.60. The molecule has 1 saturated heterocycles. The molecule has 1 aliphatic heterocycles. The second-order valence-corrected chi connectivity index (χ2v) is 12.4. The Labute approximate surface area is 223 Å². The van der Waals surface area contributed by atoms with E-state index >= 15 is 0 Å². The van der Waals surface area contributed by atoms with Crippen LogP contribution in [-0.2, 0) is 23.7 Å². The van der Waals surface area contributed by atoms with Crippen molar-refractivity contribution in [3.63, 3.8) is 0 Å². The molecule has 204 valence electrons. The molecule has 1 aliphatic rings. The van der Waals surface area contributed by atoms with Crippen molar-refractivity contribution in [2.24, 2.45) is 0 Å². The smallest absolute Gasteiger partial charge is 0.115 e. The summed E-state index contributed by atoms with van der Waals surface area (Å²) in [6.07, 6.45) is 6.19. The van der Waals surface area contributed by atoms with E-state index in [4.69, 9.17) is 23.7 Å². The van der Waals surface area contributed by atoms with Gasteiger partial charge in [-0.05, 0) is 80.0 Å². The quantitative estimate of drug-likeness (QED) is 0.143. The van der Waals surface area contributed by atoms with Gasteiger partial charge in [0.15, 0.2) is 0 Å². The van der Waals surface area contributed by atoms with Gasteiger partial charge in [-0.3, -0.25) is 0 Å². The first-order valence-electron chi connectivity index (χ1n) is 13.4. The van der Waals surface area contributed by atoms with Crippen molar-refractivity contribution in [2.45, 2.75) is 96.7 Å². The van der Waals surface area contributed by atoms with Crippen molar-refractivity contribution in [1.82, 2.24) is 0 Å². The van der Waals surface area contributed by atoms with Crippen LogP contribution in [0.5, 0.6) is 0 Å². The average Bonchev–Trinajstić information content (AvgIpc) is 2.83. The van der Waals surface area contributed by atoms with Crippen LogP contribution in [0, 0.1) is 0 Å². The summed E-state index contributed by atoms with van der Waals surface area (Å²) in [5, 5.41) is 0. The predicted octanol–water partition coefficient (Wildman–Crippen LogP) is 6.18. The van der Waals surface area contributed by atoms with Gasteiger partial charge in [0.2, 0.25) is 0 Å². The average molecular weight is 541 g/mol. The van der Waals surface area contributed by atoms with Gasteiger partial charge in [-0.15, -0.1) is 0 Å². The summed E-state index contributed by atoms with van der Waals surface area (Å²) < 4.78 is 31.2. The van der Waals surface area contributed by atoms with Crippen LogP contribution >= 0.6 is 35.3 Å². The highest BCUT2D eigenvalue weighted by Crippen LogP contribution is 2.29. The summed E-state index contributed by atoms with van der Waals surface area (Å²) in [4.78, 5) is 0. The summed E-state index contributed by atoms with van der Waals surface area (Å²) >= 11 is 6.01. The first-order chi connectivity index (χ1) is 16.7. The lowest BCUT2D eigenvalue weighted by Gasteiger charge is -2.45. The molecule has 0 spiro atoms. The maximum absolute atomic E-state index is 6.52. The maximum atomic E-state index is 6.52. The summed E-state index contributed by atoms with van der Waals surface area (Å²) in [7, 11) is 1.73. The number of methoxy groups -OCH3 is 1. The number of hydrogen-bond donors (Lipinski definition) is 0. The van der Waals surface area contributed by atoms with Crippen LogP contribution in [-0.4, -0.2) is 98.6 Å². The third kappa shape index (κ3) is 14.6. The minimum atomic E-state index is -0.171. The number of ether oxygens (including phenoxy) is 5. The lowest BCUT2D eigenvalue weighted by atomic mass is 9.95. The molecule has 5 atom stereocenters. The zero-order valence-electron chi connectivity index (χ0n) is 22.5. The fraction of sp³-hybridized carbons (Fsp3) is 1.00. The Morgan fingerprint density at radius 1 is 0.618 bits per heavy atom. The summed E-state index contributed by atoms with van der Waals surface area (Å²) in [6.45, 7) is 11.5. The van der Waals surface area contributed by atoms with Crippen LogP contribution in [0.3, 0.4) is 0 Å². The first kappa shape index (κ1) is 32.9. The van der Waals surface area contributed by atoms with Crippen molar-refractivity contribution in [1.29, 1.82) is 0 Å². The Kier molecular flexibility index (Phi) is 22.2. The Morgan fingerprint density at radius 3 is 1.50 bits per heavy atom. The van der Waals surface area contributed by atoms with Crippen molar-refractivity contribution >= 4 is 35.3 Å². The van der Waals surface area contributed by atoms with Crippen LogP contribution in [0.2, 0.25) is 0 Å². The van der Waals surface area contributed by atoms with E-state index in [0.29, 0.717) is 13.2 Å². The van der Waals surface area contributed by atoms with Crippen LogP contribution in [0.4, 0.5) is 0 Å². The van der Waals surface area contributed by atoms with E-state index in [9.17, 15) is 0 Å². The van der Waals surface area contributed by atoms with Gasteiger partial charge in [-0.2, -0.15) is 35.3 Å². The Morgan fingerprint density at radius 2 is 1.06 bits per heavy atom. The van der Waals surface area contributed by atoms with Crippen LogP contribution < -0.4 is 0 Å². The monoisotopic (exact) mass is 540 g/mol. The third-order valence-electron chi connectivity index (χ3n) is 5.47. The Hall–Kier alpha value is 0.850. The van der Waals surface area contributed by atoms with Gasteiger partial charge < -0.3 is 23.7 Å². The molecule has 1 fully saturated rings. The molecule has 1 rings (SSSR count). The minimum absolute atomic E-state index is 0.0529. The van der Waals surface area contributed by atoms with Crippen LogP contribution in [0.25, 0.3) is 0 Å². The Balaban J connectivity index is 2.73. The van der Waals surface area contributed by atoms with E-state index in [-0.39, 0.29) is 30.5 Å². The predicted molar refractivity (Wildman–Crippen MR) is 152 cm³/mol. The topological polar surface area (TPSA) is 46.2 Å². The van der Waals surface area contributed by atoms with Crippen molar-refractivity contribution in [2.75, 3.05) is 68.1 Å². The molecule has 0 aromatic rings. The summed E-state index contributed by atoms with van der Waals surface area (Å²) in [5.41, 5.74) is 0. The SMILES string of the molecule is CCCSCCCOC1[C@H](OCCCSCCC)C(COC)O[C@H](C)[C@H]1OCCCSCCC. The van der Waals surface area contributed by atoms with E-state index in [2.05, 4.69) is 27.7 Å². The van der Waals surface area contributed by atoms with Gasteiger partial charge >= 0.3 is 0 Å². The lowest BCUT2D eigenvalue weighted by molar-refractivity contribution is -0.260. The molecule has 0 aromatic heterocycles. The van der Waals surface area contributed by atoms with E-state index in [1.807, 2.05) is 35.3 Å². The van der Waals surface area contributed by atoms with Gasteiger partial charge in [0.05, 0.1) is 12.7 Å². The highest BCUT2D eigenvalue weighted by atomic mass is 32.2. The number of rotatable bonds is 23. The largest absolute Gasteiger partial charge is 0.382 e. The first-order valence-corrected chi connectivity index (χ1v) is 16.9. The standard InChI is InChI=1S/C26H52O5S3/c1-6-15-32-18-9-12-28-24-22(4)31-23(21-27-5)25(29-13-10-19-33-16-7-2)26(24)30-14-11-20-34-17-8-3/h22-26H,6-21H2,1-5H3/t22-,23?,24-,25-,26?/m1/s1. The van der Waals surface area contributed by atoms with E-state index < -0.39 is 0 Å². The third-order valence-corrected chi connectivity index (χ3v) is 9.30. The fourth-order valence-electron chi connectivity index (χ4n) is 3.90. The van der Waals surface area contributed by atoms with E-state index in [0.717, 1.165) is 49.7 Å². The molecule has 1 heterocycles. The second-order valence-electron chi connectivity index (χ2n) is 8.74. The number of thioether (sulfide) groups is 3. The van der Waals surface area contributed by atoms with E-state index in [1.54, 1.807) is 7.11 Å². The molecule has 34 heavy (non-hydrogen) atoms. The zero-order chi connectivity index (χ0) is 24.9. The van der Waals surface area contributed by atoms with Crippen molar-refractivity contribution in [3.8, 4) is 0 Å². The fourth-order valence-corrected chi connectivity index (χ4v) is 6.34.